The summed E-state index contributed by atoms with van der Waals surface area (Å²) >= 11 is 0. The maximum atomic E-state index is 13.9. The van der Waals surface area contributed by atoms with Gasteiger partial charge >= 0.3 is 0 Å². The van der Waals surface area contributed by atoms with E-state index in [1.165, 1.54) is 29.5 Å². The summed E-state index contributed by atoms with van der Waals surface area (Å²) in [5.74, 6) is -0.0605. The summed E-state index contributed by atoms with van der Waals surface area (Å²) in [6.07, 6.45) is 5.16. The van der Waals surface area contributed by atoms with Crippen LogP contribution in [0.15, 0.2) is 54.6 Å². The highest BCUT2D eigenvalue weighted by Gasteiger charge is 2.30. The Hall–Kier alpha value is -4.58. The molecule has 1 aromatic heterocycles. The maximum Gasteiger partial charge on any atom is 0.253 e. The predicted octanol–water partition coefficient (Wildman–Crippen LogP) is 3.56. The molecule has 3 heterocycles. The Balaban J connectivity index is 1.33. The van der Waals surface area contributed by atoms with Gasteiger partial charge in [-0.2, -0.15) is 5.10 Å². The fraction of sp³-hybridized carbons (Fsp3) is 0.526. The number of carbonyl (C=O) groups is 4. The summed E-state index contributed by atoms with van der Waals surface area (Å²) in [7, 11) is 0. The molecule has 2 aliphatic rings. The molecule has 12 nitrogen and oxygen atoms in total. The molecule has 4 amide bonds. The fourth-order valence-corrected chi connectivity index (χ4v) is 6.67. The van der Waals surface area contributed by atoms with Gasteiger partial charge in [0, 0.05) is 44.6 Å². The van der Waals surface area contributed by atoms with Crippen molar-refractivity contribution >= 4 is 23.6 Å². The minimum Gasteiger partial charge on any atom is -0.354 e. The van der Waals surface area contributed by atoms with E-state index in [1.807, 2.05) is 68.4 Å². The average molecular weight is 685 g/mol. The third kappa shape index (κ3) is 10.5. The Bertz CT molecular complexity index is 1580. The Morgan fingerprint density at radius 1 is 0.840 bits per heavy atom. The summed E-state index contributed by atoms with van der Waals surface area (Å²) in [4.78, 5) is 62.8. The van der Waals surface area contributed by atoms with Crippen molar-refractivity contribution in [2.75, 3.05) is 32.7 Å². The van der Waals surface area contributed by atoms with E-state index < -0.39 is 12.1 Å². The van der Waals surface area contributed by atoms with Crippen molar-refractivity contribution in [1.82, 2.24) is 40.5 Å². The highest BCUT2D eigenvalue weighted by molar-refractivity contribution is 5.94. The number of nitrogens with zero attached hydrogens (tertiary/aromatic N) is 5. The van der Waals surface area contributed by atoms with Gasteiger partial charge < -0.3 is 20.9 Å². The van der Waals surface area contributed by atoms with Gasteiger partial charge in [0.1, 0.15) is 18.4 Å². The van der Waals surface area contributed by atoms with Crippen molar-refractivity contribution in [1.29, 1.82) is 0 Å². The molecule has 0 saturated carbocycles. The zero-order valence-electron chi connectivity index (χ0n) is 29.7. The number of fused-ring (bicyclic) bond motifs is 1. The van der Waals surface area contributed by atoms with Gasteiger partial charge in [-0.3, -0.25) is 24.1 Å². The lowest BCUT2D eigenvalue weighted by molar-refractivity contribution is -0.129. The Morgan fingerprint density at radius 2 is 1.56 bits per heavy atom. The minimum atomic E-state index is -0.841. The van der Waals surface area contributed by atoms with E-state index in [-0.39, 0.29) is 42.5 Å². The van der Waals surface area contributed by atoms with E-state index in [9.17, 15) is 19.2 Å². The number of benzene rings is 2. The van der Waals surface area contributed by atoms with Crippen molar-refractivity contribution in [3.63, 3.8) is 0 Å². The predicted molar refractivity (Wildman–Crippen MR) is 191 cm³/mol. The summed E-state index contributed by atoms with van der Waals surface area (Å²) in [6, 6.07) is 16.0. The van der Waals surface area contributed by atoms with Crippen molar-refractivity contribution in [3.05, 3.63) is 82.9 Å². The smallest absolute Gasteiger partial charge is 0.253 e. The first-order valence-corrected chi connectivity index (χ1v) is 18.1. The number of aryl methyl sites for hydroxylation is 1. The molecular weight excluding hydrogens is 632 g/mol. The van der Waals surface area contributed by atoms with Crippen LogP contribution in [0.1, 0.15) is 91.5 Å². The fourth-order valence-electron chi connectivity index (χ4n) is 6.67. The molecule has 0 unspecified atom stereocenters. The molecule has 0 radical (unpaired) electrons. The third-order valence-electron chi connectivity index (χ3n) is 9.38. The molecule has 0 aliphatic carbocycles. The number of hydrogen-bond acceptors (Lipinski definition) is 7. The van der Waals surface area contributed by atoms with Crippen LogP contribution in [-0.2, 0) is 33.9 Å². The zero-order valence-corrected chi connectivity index (χ0v) is 29.7. The lowest BCUT2D eigenvalue weighted by atomic mass is 10.0. The summed E-state index contributed by atoms with van der Waals surface area (Å²) in [5, 5.41) is 13.5. The molecule has 5 rings (SSSR count). The van der Waals surface area contributed by atoms with Gasteiger partial charge in [-0.25, -0.2) is 9.67 Å². The monoisotopic (exact) mass is 684 g/mol. The Morgan fingerprint density at radius 3 is 2.28 bits per heavy atom. The summed E-state index contributed by atoms with van der Waals surface area (Å²) in [5.41, 5.74) is 2.68. The first kappa shape index (κ1) is 36.7. The Kier molecular flexibility index (Phi) is 13.1. The van der Waals surface area contributed by atoms with Crippen LogP contribution in [0.25, 0.3) is 0 Å². The van der Waals surface area contributed by atoms with Gasteiger partial charge in [0.2, 0.25) is 17.7 Å². The van der Waals surface area contributed by atoms with Crippen molar-refractivity contribution in [3.8, 4) is 0 Å². The minimum absolute atomic E-state index is 0.0636. The van der Waals surface area contributed by atoms with Gasteiger partial charge in [0.05, 0.1) is 6.04 Å². The van der Waals surface area contributed by atoms with E-state index in [0.29, 0.717) is 56.1 Å². The van der Waals surface area contributed by atoms with Crippen LogP contribution >= 0.6 is 0 Å². The number of amides is 4. The standard InChI is InChI=1S/C38H52N8O4/c1-27(2)35-36-40-28(3)43-46(36)26-34(48)39-19-11-23-45(38(50)31-17-15-30(16-18-31)25-44-20-8-5-9-21-44)22-10-14-33(47)41-32(37(49)42-35)24-29-12-6-4-7-13-29/h4,6-7,12-13,15-18,27,32,35H,5,8-11,14,19-26H2,1-3H3,(H,39,48)(H,41,47)(H,42,49)/t32-,35+/m1/s1. The second-order valence-corrected chi connectivity index (χ2v) is 13.8. The number of rotatable bonds is 6. The van der Waals surface area contributed by atoms with Gasteiger partial charge in [0.25, 0.3) is 5.91 Å². The van der Waals surface area contributed by atoms with Crippen LogP contribution in [0.3, 0.4) is 0 Å². The molecule has 2 aromatic carbocycles. The quantitative estimate of drug-likeness (QED) is 0.361. The van der Waals surface area contributed by atoms with Crippen molar-refractivity contribution < 1.29 is 19.2 Å². The largest absolute Gasteiger partial charge is 0.354 e. The van der Waals surface area contributed by atoms with Crippen LogP contribution in [0, 0.1) is 12.8 Å². The summed E-state index contributed by atoms with van der Waals surface area (Å²) in [6.45, 7) is 9.85. The molecule has 2 atom stereocenters. The number of carbonyl (C=O) groups excluding carboxylic acids is 4. The van der Waals surface area contributed by atoms with Crippen molar-refractivity contribution in [2.24, 2.45) is 5.92 Å². The number of nitrogens with one attached hydrogen (secondary N) is 3. The van der Waals surface area contributed by atoms with E-state index in [4.69, 9.17) is 0 Å². The molecule has 268 valence electrons. The second-order valence-electron chi connectivity index (χ2n) is 13.8. The molecule has 1 fully saturated rings. The molecule has 2 aliphatic heterocycles. The maximum absolute atomic E-state index is 13.9. The van der Waals surface area contributed by atoms with E-state index in [1.54, 1.807) is 11.8 Å². The molecule has 3 N–H and O–H groups in total. The van der Waals surface area contributed by atoms with E-state index in [0.717, 1.165) is 25.2 Å². The van der Waals surface area contributed by atoms with Crippen molar-refractivity contribution in [2.45, 2.75) is 90.9 Å². The molecule has 3 aromatic rings. The number of aromatic nitrogens is 3. The van der Waals surface area contributed by atoms with Gasteiger partial charge in [-0.1, -0.05) is 62.7 Å². The lowest BCUT2D eigenvalue weighted by Crippen LogP contribution is -2.50. The average Bonchev–Trinajstić information content (AvgIpc) is 3.46. The third-order valence-corrected chi connectivity index (χ3v) is 9.38. The summed E-state index contributed by atoms with van der Waals surface area (Å²) < 4.78 is 1.54. The first-order chi connectivity index (χ1) is 24.2. The Labute approximate surface area is 295 Å². The van der Waals surface area contributed by atoms with E-state index in [2.05, 4.69) is 30.9 Å². The van der Waals surface area contributed by atoms with Crippen LogP contribution < -0.4 is 16.0 Å². The lowest BCUT2D eigenvalue weighted by Gasteiger charge is -2.27. The van der Waals surface area contributed by atoms with Gasteiger partial charge in [-0.05, 0) is 74.9 Å². The molecule has 50 heavy (non-hydrogen) atoms. The highest BCUT2D eigenvalue weighted by Crippen LogP contribution is 2.21. The zero-order chi connectivity index (χ0) is 35.5. The SMILES string of the molecule is Cc1nc2n(n1)CC(=O)NCCCN(C(=O)c1ccc(CN3CCCCC3)cc1)CCCC(=O)N[C@H](Cc1ccccc1)C(=O)N[C@H]2C(C)C. The van der Waals surface area contributed by atoms with Crippen LogP contribution in [-0.4, -0.2) is 87.0 Å². The van der Waals surface area contributed by atoms with Gasteiger partial charge in [0.15, 0.2) is 5.82 Å². The number of hydrogen-bond donors (Lipinski definition) is 3. The molecule has 0 spiro atoms. The van der Waals surface area contributed by atoms with Crippen LogP contribution in [0.4, 0.5) is 0 Å². The van der Waals surface area contributed by atoms with E-state index >= 15 is 0 Å². The number of piperidine rings is 1. The highest BCUT2D eigenvalue weighted by atomic mass is 16.2. The molecule has 12 heteroatoms. The second kappa shape index (κ2) is 17.9. The van der Waals surface area contributed by atoms with Crippen LogP contribution in [0.5, 0.6) is 0 Å². The normalized spacial score (nSPS) is 20.6. The topological polar surface area (TPSA) is 142 Å². The van der Waals surface area contributed by atoms with Gasteiger partial charge in [-0.15, -0.1) is 0 Å². The number of likely N-dealkylation sites (tertiary alicyclic amines) is 1. The molecular formula is C38H52N8O4. The molecule has 1 saturated heterocycles. The van der Waals surface area contributed by atoms with Crippen LogP contribution in [0.2, 0.25) is 0 Å². The first-order valence-electron chi connectivity index (χ1n) is 18.1. The molecule has 0 bridgehead atoms.